The first-order chi connectivity index (χ1) is 15.6. The molecule has 0 radical (unpaired) electrons. The zero-order chi connectivity index (χ0) is 22.3. The second-order valence-corrected chi connectivity index (χ2v) is 9.21. The number of fused-ring (bicyclic) bond motifs is 1. The highest BCUT2D eigenvalue weighted by Crippen LogP contribution is 2.32. The van der Waals surface area contributed by atoms with Crippen LogP contribution in [0.2, 0.25) is 0 Å². The molecule has 0 unspecified atom stereocenters. The molecule has 8 heteroatoms. The van der Waals surface area contributed by atoms with E-state index in [1.807, 2.05) is 24.3 Å². The molecule has 0 atom stereocenters. The van der Waals surface area contributed by atoms with Gasteiger partial charge < -0.3 is 19.1 Å². The fourth-order valence-corrected chi connectivity index (χ4v) is 4.36. The Morgan fingerprint density at radius 3 is 2.50 bits per heavy atom. The first kappa shape index (κ1) is 22.8. The Bertz CT molecular complexity index is 942. The minimum absolute atomic E-state index is 0.0966. The van der Waals surface area contributed by atoms with Crippen LogP contribution in [0.3, 0.4) is 0 Å². The molecule has 0 saturated carbocycles. The van der Waals surface area contributed by atoms with Crippen LogP contribution in [0.25, 0.3) is 0 Å². The number of likely N-dealkylation sites (tertiary alicyclic amines) is 1. The van der Waals surface area contributed by atoms with E-state index >= 15 is 0 Å². The van der Waals surface area contributed by atoms with Crippen molar-refractivity contribution in [2.24, 2.45) is 5.92 Å². The number of nitrogens with zero attached hydrogens (tertiary/aromatic N) is 1. The normalized spacial score (nSPS) is 16.4. The maximum Gasteiger partial charge on any atom is 0.411 e. The van der Waals surface area contributed by atoms with Crippen LogP contribution in [-0.2, 0) is 4.74 Å². The molecule has 0 aliphatic carbocycles. The van der Waals surface area contributed by atoms with Crippen molar-refractivity contribution in [3.05, 3.63) is 51.6 Å². The first-order valence-corrected chi connectivity index (χ1v) is 12.0. The van der Waals surface area contributed by atoms with Gasteiger partial charge in [0.25, 0.3) is 0 Å². The highest BCUT2D eigenvalue weighted by atomic mass is 127. The average molecular weight is 550 g/mol. The van der Waals surface area contributed by atoms with Gasteiger partial charge in [0, 0.05) is 33.4 Å². The summed E-state index contributed by atoms with van der Waals surface area (Å²) in [4.78, 5) is 27.1. The van der Waals surface area contributed by atoms with Crippen molar-refractivity contribution in [2.45, 2.75) is 19.3 Å². The number of hydrogen-bond donors (Lipinski definition) is 1. The quantitative estimate of drug-likeness (QED) is 0.309. The molecule has 0 bridgehead atoms. The van der Waals surface area contributed by atoms with E-state index in [1.165, 1.54) is 0 Å². The van der Waals surface area contributed by atoms with Gasteiger partial charge in [-0.3, -0.25) is 10.1 Å². The third kappa shape index (κ3) is 6.13. The third-order valence-electron chi connectivity index (χ3n) is 5.73. The summed E-state index contributed by atoms with van der Waals surface area (Å²) in [5.74, 6) is 1.65. The van der Waals surface area contributed by atoms with Crippen molar-refractivity contribution in [1.29, 1.82) is 0 Å². The van der Waals surface area contributed by atoms with E-state index in [4.69, 9.17) is 14.2 Å². The van der Waals surface area contributed by atoms with Crippen molar-refractivity contribution in [1.82, 2.24) is 4.90 Å². The molecule has 1 amide bonds. The van der Waals surface area contributed by atoms with E-state index in [0.717, 1.165) is 48.0 Å². The van der Waals surface area contributed by atoms with Gasteiger partial charge in [-0.25, -0.2) is 4.79 Å². The predicted molar refractivity (Wildman–Crippen MR) is 130 cm³/mol. The van der Waals surface area contributed by atoms with Gasteiger partial charge >= 0.3 is 6.09 Å². The first-order valence-electron chi connectivity index (χ1n) is 10.9. The number of piperidine rings is 1. The highest BCUT2D eigenvalue weighted by molar-refractivity contribution is 14.1. The summed E-state index contributed by atoms with van der Waals surface area (Å²) in [6.07, 6.45) is 2.01. The van der Waals surface area contributed by atoms with Gasteiger partial charge in [0.05, 0.1) is 6.61 Å². The highest BCUT2D eigenvalue weighted by Gasteiger charge is 2.25. The number of amides is 1. The summed E-state index contributed by atoms with van der Waals surface area (Å²) in [7, 11) is 0. The van der Waals surface area contributed by atoms with Crippen molar-refractivity contribution in [3.63, 3.8) is 0 Å². The monoisotopic (exact) mass is 550 g/mol. The van der Waals surface area contributed by atoms with E-state index < -0.39 is 6.09 Å². The van der Waals surface area contributed by atoms with Crippen molar-refractivity contribution in [2.75, 3.05) is 44.8 Å². The van der Waals surface area contributed by atoms with Crippen LogP contribution in [-0.4, -0.2) is 56.2 Å². The van der Waals surface area contributed by atoms with Crippen LogP contribution in [0.15, 0.2) is 42.5 Å². The zero-order valence-corrected chi connectivity index (χ0v) is 20.0. The summed E-state index contributed by atoms with van der Waals surface area (Å²) < 4.78 is 17.4. The number of benzene rings is 2. The molecule has 2 aliphatic rings. The Labute approximate surface area is 201 Å². The van der Waals surface area contributed by atoms with Gasteiger partial charge in [0.1, 0.15) is 13.2 Å². The molecule has 7 nitrogen and oxygen atoms in total. The lowest BCUT2D eigenvalue weighted by molar-refractivity contribution is 0.0830. The van der Waals surface area contributed by atoms with Gasteiger partial charge in [-0.05, 0) is 79.2 Å². The Hall–Kier alpha value is -2.33. The Morgan fingerprint density at radius 1 is 1.03 bits per heavy atom. The van der Waals surface area contributed by atoms with E-state index in [9.17, 15) is 9.59 Å². The molecule has 32 heavy (non-hydrogen) atoms. The molecule has 1 saturated heterocycles. The van der Waals surface area contributed by atoms with Crippen LogP contribution in [0.5, 0.6) is 11.5 Å². The van der Waals surface area contributed by atoms with E-state index in [1.54, 1.807) is 18.2 Å². The molecule has 0 aromatic heterocycles. The zero-order valence-electron chi connectivity index (χ0n) is 17.8. The summed E-state index contributed by atoms with van der Waals surface area (Å²) in [5.41, 5.74) is 1.42. The predicted octanol–water partition coefficient (Wildman–Crippen LogP) is 4.60. The number of hydrogen-bond acceptors (Lipinski definition) is 6. The number of ketones is 1. The molecular formula is C24H27IN2O5. The number of rotatable bonds is 7. The molecule has 4 rings (SSSR count). The number of halogens is 1. The molecule has 1 fully saturated rings. The van der Waals surface area contributed by atoms with Crippen molar-refractivity contribution >= 4 is 40.2 Å². The largest absolute Gasteiger partial charge is 0.486 e. The molecule has 2 aromatic carbocycles. The molecule has 2 aliphatic heterocycles. The van der Waals surface area contributed by atoms with E-state index in [0.29, 0.717) is 37.0 Å². The fourth-order valence-electron chi connectivity index (χ4n) is 4.00. The lowest BCUT2D eigenvalue weighted by Gasteiger charge is -2.31. The Balaban J connectivity index is 1.13. The van der Waals surface area contributed by atoms with Crippen LogP contribution >= 0.6 is 22.6 Å². The lowest BCUT2D eigenvalue weighted by Crippen LogP contribution is -2.37. The molecule has 1 N–H and O–H groups in total. The lowest BCUT2D eigenvalue weighted by atomic mass is 9.89. The molecule has 170 valence electrons. The van der Waals surface area contributed by atoms with Crippen LogP contribution in [0, 0.1) is 9.49 Å². The second kappa shape index (κ2) is 11.0. The number of carbonyl (C=O) groups is 2. The fraction of sp³-hybridized carbons (Fsp3) is 0.417. The minimum Gasteiger partial charge on any atom is -0.486 e. The molecular weight excluding hydrogens is 523 g/mol. The second-order valence-electron chi connectivity index (χ2n) is 7.96. The Morgan fingerprint density at radius 2 is 1.75 bits per heavy atom. The number of Topliss-reactive ketones (excluding diaryl/α,β-unsaturated/α-hetero) is 1. The van der Waals surface area contributed by atoms with Crippen LogP contribution in [0.4, 0.5) is 10.5 Å². The van der Waals surface area contributed by atoms with Crippen molar-refractivity contribution < 1.29 is 23.8 Å². The van der Waals surface area contributed by atoms with Crippen molar-refractivity contribution in [3.8, 4) is 11.5 Å². The van der Waals surface area contributed by atoms with Gasteiger partial charge in [0.15, 0.2) is 17.3 Å². The topological polar surface area (TPSA) is 77.1 Å². The summed E-state index contributed by atoms with van der Waals surface area (Å²) >= 11 is 2.25. The SMILES string of the molecule is O=C(Nc1ccc2c(c1)OCCO2)OCCCN1CCC(C(=O)c2ccc(I)cc2)CC1. The minimum atomic E-state index is -0.483. The van der Waals surface area contributed by atoms with E-state index in [2.05, 4.69) is 32.8 Å². The summed E-state index contributed by atoms with van der Waals surface area (Å²) in [5, 5.41) is 2.72. The average Bonchev–Trinajstić information content (AvgIpc) is 2.82. The van der Waals surface area contributed by atoms with Crippen LogP contribution in [0.1, 0.15) is 29.6 Å². The van der Waals surface area contributed by atoms with Gasteiger partial charge in [-0.1, -0.05) is 12.1 Å². The smallest absolute Gasteiger partial charge is 0.411 e. The summed E-state index contributed by atoms with van der Waals surface area (Å²) in [6.45, 7) is 4.01. The third-order valence-corrected chi connectivity index (χ3v) is 6.45. The molecule has 2 heterocycles. The number of ether oxygens (including phenoxy) is 3. The molecule has 2 aromatic rings. The van der Waals surface area contributed by atoms with E-state index in [-0.39, 0.29) is 11.7 Å². The number of anilines is 1. The van der Waals surface area contributed by atoms with Crippen LogP contribution < -0.4 is 14.8 Å². The Kier molecular flexibility index (Phi) is 7.85. The van der Waals surface area contributed by atoms with Gasteiger partial charge in [0.2, 0.25) is 0 Å². The maximum absolute atomic E-state index is 12.7. The summed E-state index contributed by atoms with van der Waals surface area (Å²) in [6, 6.07) is 13.1. The van der Waals surface area contributed by atoms with Gasteiger partial charge in [-0.2, -0.15) is 0 Å². The standard InChI is InChI=1S/C24H27IN2O5/c25-19-4-2-17(3-5-19)23(28)18-8-11-27(12-9-18)10-1-13-32-24(29)26-20-6-7-21-22(16-20)31-15-14-30-21/h2-7,16,18H,1,8-15H2,(H,26,29). The maximum atomic E-state index is 12.7. The number of carbonyl (C=O) groups excluding carboxylic acids is 2. The molecule has 0 spiro atoms. The number of nitrogens with one attached hydrogen (secondary N) is 1. The van der Waals surface area contributed by atoms with Gasteiger partial charge in [-0.15, -0.1) is 0 Å².